The standard InChI is InChI=1S/C19H33N5O.HI/c1-5-20-18(21-12-17-15(2)22-23(4)16(17)3)24-10-6-8-19(13-24)9-7-11-25-14-19;/h5-14H2,1-4H3,(H,20,21);1H. The minimum atomic E-state index is 0. The highest BCUT2D eigenvalue weighted by Crippen LogP contribution is 2.37. The van der Waals surface area contributed by atoms with Gasteiger partial charge in [-0.3, -0.25) is 4.68 Å². The highest BCUT2D eigenvalue weighted by Gasteiger charge is 2.38. The molecule has 0 saturated carbocycles. The van der Waals surface area contributed by atoms with Crippen LogP contribution in [0, 0.1) is 19.3 Å². The van der Waals surface area contributed by atoms with Gasteiger partial charge < -0.3 is 15.0 Å². The number of ether oxygens (including phenoxy) is 1. The van der Waals surface area contributed by atoms with Crippen molar-refractivity contribution in [3.63, 3.8) is 0 Å². The van der Waals surface area contributed by atoms with Crippen molar-refractivity contribution in [3.8, 4) is 0 Å². The summed E-state index contributed by atoms with van der Waals surface area (Å²) in [4.78, 5) is 7.40. The number of aryl methyl sites for hydroxylation is 2. The van der Waals surface area contributed by atoms with Crippen molar-refractivity contribution < 1.29 is 4.74 Å². The Kier molecular flexibility index (Phi) is 7.76. The average molecular weight is 475 g/mol. The molecule has 1 unspecified atom stereocenters. The zero-order chi connectivity index (χ0) is 17.9. The predicted octanol–water partition coefficient (Wildman–Crippen LogP) is 3.01. The Labute approximate surface area is 174 Å². The summed E-state index contributed by atoms with van der Waals surface area (Å²) in [5, 5.41) is 8.01. The van der Waals surface area contributed by atoms with Crippen LogP contribution in [-0.2, 0) is 18.3 Å². The maximum absolute atomic E-state index is 5.82. The van der Waals surface area contributed by atoms with Crippen LogP contribution in [0.5, 0.6) is 0 Å². The first-order valence-corrected chi connectivity index (χ1v) is 9.65. The van der Waals surface area contributed by atoms with Gasteiger partial charge in [-0.25, -0.2) is 4.99 Å². The van der Waals surface area contributed by atoms with E-state index in [0.29, 0.717) is 12.0 Å². The van der Waals surface area contributed by atoms with Crippen molar-refractivity contribution in [2.45, 2.75) is 53.0 Å². The van der Waals surface area contributed by atoms with Crippen molar-refractivity contribution in [2.75, 3.05) is 32.8 Å². The molecule has 7 heteroatoms. The van der Waals surface area contributed by atoms with E-state index in [0.717, 1.165) is 44.5 Å². The molecular weight excluding hydrogens is 441 g/mol. The lowest BCUT2D eigenvalue weighted by molar-refractivity contribution is -0.0370. The molecule has 6 nitrogen and oxygen atoms in total. The Morgan fingerprint density at radius 2 is 2.08 bits per heavy atom. The Bertz CT molecular complexity index is 616. The molecule has 0 bridgehead atoms. The average Bonchev–Trinajstić information content (AvgIpc) is 2.85. The van der Waals surface area contributed by atoms with E-state index in [1.165, 1.54) is 36.9 Å². The summed E-state index contributed by atoms with van der Waals surface area (Å²) < 4.78 is 7.76. The molecule has 2 fully saturated rings. The van der Waals surface area contributed by atoms with Gasteiger partial charge in [-0.2, -0.15) is 5.10 Å². The van der Waals surface area contributed by atoms with E-state index in [1.807, 2.05) is 11.7 Å². The van der Waals surface area contributed by atoms with Crippen LogP contribution in [0.25, 0.3) is 0 Å². The monoisotopic (exact) mass is 475 g/mol. The van der Waals surface area contributed by atoms with Crippen LogP contribution in [0.1, 0.15) is 49.6 Å². The lowest BCUT2D eigenvalue weighted by Gasteiger charge is -2.45. The largest absolute Gasteiger partial charge is 0.381 e. The van der Waals surface area contributed by atoms with Crippen LogP contribution >= 0.6 is 24.0 Å². The van der Waals surface area contributed by atoms with Crippen molar-refractivity contribution in [1.82, 2.24) is 20.0 Å². The number of nitrogens with one attached hydrogen (secondary N) is 1. The van der Waals surface area contributed by atoms with Gasteiger partial charge in [-0.15, -0.1) is 24.0 Å². The van der Waals surface area contributed by atoms with Gasteiger partial charge >= 0.3 is 0 Å². The second-order valence-electron chi connectivity index (χ2n) is 7.62. The van der Waals surface area contributed by atoms with Crippen LogP contribution in [0.15, 0.2) is 4.99 Å². The molecule has 1 N–H and O–H groups in total. The lowest BCUT2D eigenvalue weighted by Crippen LogP contribution is -2.53. The molecule has 2 aliphatic rings. The Hall–Kier alpha value is -0.830. The summed E-state index contributed by atoms with van der Waals surface area (Å²) in [5.41, 5.74) is 3.85. The van der Waals surface area contributed by atoms with E-state index < -0.39 is 0 Å². The minimum absolute atomic E-state index is 0. The molecule has 2 aliphatic heterocycles. The van der Waals surface area contributed by atoms with Gasteiger partial charge in [0, 0.05) is 50.0 Å². The third-order valence-electron chi connectivity index (χ3n) is 5.75. The molecule has 148 valence electrons. The van der Waals surface area contributed by atoms with E-state index in [2.05, 4.69) is 36.1 Å². The maximum atomic E-state index is 5.82. The summed E-state index contributed by atoms with van der Waals surface area (Å²) in [5.74, 6) is 1.04. The second kappa shape index (κ2) is 9.39. The van der Waals surface area contributed by atoms with E-state index in [1.54, 1.807) is 0 Å². The normalized spacial score (nSPS) is 23.8. The Morgan fingerprint density at radius 3 is 2.69 bits per heavy atom. The van der Waals surface area contributed by atoms with Crippen molar-refractivity contribution >= 4 is 29.9 Å². The quantitative estimate of drug-likeness (QED) is 0.415. The molecule has 0 aliphatic carbocycles. The number of nitrogens with zero attached hydrogens (tertiary/aromatic N) is 4. The zero-order valence-electron chi connectivity index (χ0n) is 16.7. The summed E-state index contributed by atoms with van der Waals surface area (Å²) in [6.45, 7) is 11.9. The van der Waals surface area contributed by atoms with Gasteiger partial charge in [0.2, 0.25) is 0 Å². The van der Waals surface area contributed by atoms with Gasteiger partial charge in [0.05, 0.1) is 18.8 Å². The van der Waals surface area contributed by atoms with Gasteiger partial charge in [-0.05, 0) is 46.5 Å². The fraction of sp³-hybridized carbons (Fsp3) is 0.789. The third kappa shape index (κ3) is 4.71. The molecule has 1 aromatic heterocycles. The molecule has 2 saturated heterocycles. The molecule has 1 spiro atoms. The van der Waals surface area contributed by atoms with Crippen molar-refractivity contribution in [3.05, 3.63) is 17.0 Å². The molecule has 0 aromatic carbocycles. The molecule has 1 atom stereocenters. The summed E-state index contributed by atoms with van der Waals surface area (Å²) in [7, 11) is 2.00. The fourth-order valence-electron chi connectivity index (χ4n) is 4.25. The number of likely N-dealkylation sites (tertiary alicyclic amines) is 1. The highest BCUT2D eigenvalue weighted by molar-refractivity contribution is 14.0. The molecule has 0 radical (unpaired) electrons. The summed E-state index contributed by atoms with van der Waals surface area (Å²) >= 11 is 0. The Balaban J connectivity index is 0.00000243. The molecule has 1 aromatic rings. The fourth-order valence-corrected chi connectivity index (χ4v) is 4.25. The van der Waals surface area contributed by atoms with E-state index >= 15 is 0 Å². The lowest BCUT2D eigenvalue weighted by atomic mass is 9.76. The molecule has 3 rings (SSSR count). The number of halogens is 1. The predicted molar refractivity (Wildman–Crippen MR) is 116 cm³/mol. The first-order chi connectivity index (χ1) is 12.0. The van der Waals surface area contributed by atoms with Crippen LogP contribution < -0.4 is 5.32 Å². The first kappa shape index (κ1) is 21.5. The number of piperidine rings is 1. The molecule has 26 heavy (non-hydrogen) atoms. The SMILES string of the molecule is CCNC(=NCc1c(C)nn(C)c1C)N1CCCC2(CCCOC2)C1.I. The third-order valence-corrected chi connectivity index (χ3v) is 5.75. The first-order valence-electron chi connectivity index (χ1n) is 9.65. The van der Waals surface area contributed by atoms with Gasteiger partial charge in [0.1, 0.15) is 0 Å². The zero-order valence-corrected chi connectivity index (χ0v) is 19.0. The number of hydrogen-bond donors (Lipinski definition) is 1. The number of hydrogen-bond acceptors (Lipinski definition) is 3. The smallest absolute Gasteiger partial charge is 0.194 e. The minimum Gasteiger partial charge on any atom is -0.381 e. The number of aliphatic imine (C=N–C) groups is 1. The van der Waals surface area contributed by atoms with Crippen LogP contribution in [0.3, 0.4) is 0 Å². The van der Waals surface area contributed by atoms with E-state index in [9.17, 15) is 0 Å². The van der Waals surface area contributed by atoms with Crippen LogP contribution in [-0.4, -0.2) is 53.5 Å². The maximum Gasteiger partial charge on any atom is 0.194 e. The molecule has 3 heterocycles. The molecule has 0 amide bonds. The van der Waals surface area contributed by atoms with Crippen LogP contribution in [0.2, 0.25) is 0 Å². The van der Waals surface area contributed by atoms with Gasteiger partial charge in [-0.1, -0.05) is 0 Å². The molecular formula is C19H34IN5O. The number of guanidine groups is 1. The van der Waals surface area contributed by atoms with Crippen molar-refractivity contribution in [2.24, 2.45) is 17.5 Å². The second-order valence-corrected chi connectivity index (χ2v) is 7.62. The van der Waals surface area contributed by atoms with Gasteiger partial charge in [0.15, 0.2) is 5.96 Å². The van der Waals surface area contributed by atoms with Gasteiger partial charge in [0.25, 0.3) is 0 Å². The topological polar surface area (TPSA) is 54.7 Å². The Morgan fingerprint density at radius 1 is 1.31 bits per heavy atom. The number of aromatic nitrogens is 2. The van der Waals surface area contributed by atoms with E-state index in [4.69, 9.17) is 9.73 Å². The number of rotatable bonds is 3. The van der Waals surface area contributed by atoms with E-state index in [-0.39, 0.29) is 24.0 Å². The van der Waals surface area contributed by atoms with Crippen LogP contribution in [0.4, 0.5) is 0 Å². The summed E-state index contributed by atoms with van der Waals surface area (Å²) in [6.07, 6.45) is 4.97. The highest BCUT2D eigenvalue weighted by atomic mass is 127. The summed E-state index contributed by atoms with van der Waals surface area (Å²) in [6, 6.07) is 0. The van der Waals surface area contributed by atoms with Crippen molar-refractivity contribution in [1.29, 1.82) is 0 Å².